The first-order valence-corrected chi connectivity index (χ1v) is 5.92. The van der Waals surface area contributed by atoms with E-state index in [1.807, 2.05) is 0 Å². The van der Waals surface area contributed by atoms with Crippen molar-refractivity contribution >= 4 is 0 Å². The SMILES string of the molecule is COc1cc(F)c(C(O)C2CCOCC2)c(F)c1. The minimum absolute atomic E-state index is 0.105. The molecule has 1 heterocycles. The Balaban J connectivity index is 2.26. The zero-order chi connectivity index (χ0) is 13.1. The lowest BCUT2D eigenvalue weighted by atomic mass is 9.89. The van der Waals surface area contributed by atoms with E-state index in [1.165, 1.54) is 7.11 Å². The molecular formula is C13H16F2O3. The van der Waals surface area contributed by atoms with Crippen molar-refractivity contribution in [2.45, 2.75) is 18.9 Å². The van der Waals surface area contributed by atoms with Crippen LogP contribution in [0.1, 0.15) is 24.5 Å². The van der Waals surface area contributed by atoms with Crippen LogP contribution in [0.4, 0.5) is 8.78 Å². The molecule has 0 bridgehead atoms. The van der Waals surface area contributed by atoms with Gasteiger partial charge in [0.15, 0.2) is 0 Å². The number of aliphatic hydroxyl groups excluding tert-OH is 1. The van der Waals surface area contributed by atoms with Gasteiger partial charge in [0.05, 0.1) is 18.8 Å². The Morgan fingerprint density at radius 2 is 1.83 bits per heavy atom. The molecule has 1 atom stereocenters. The Labute approximate surface area is 104 Å². The number of methoxy groups -OCH3 is 1. The highest BCUT2D eigenvalue weighted by Crippen LogP contribution is 2.34. The van der Waals surface area contributed by atoms with E-state index < -0.39 is 17.7 Å². The molecule has 2 rings (SSSR count). The van der Waals surface area contributed by atoms with Crippen molar-refractivity contribution in [3.63, 3.8) is 0 Å². The van der Waals surface area contributed by atoms with Gasteiger partial charge in [-0.1, -0.05) is 0 Å². The van der Waals surface area contributed by atoms with Gasteiger partial charge in [-0.25, -0.2) is 8.78 Å². The predicted octanol–water partition coefficient (Wildman–Crippen LogP) is 2.43. The van der Waals surface area contributed by atoms with Gasteiger partial charge < -0.3 is 14.6 Å². The van der Waals surface area contributed by atoms with Gasteiger partial charge in [-0.15, -0.1) is 0 Å². The van der Waals surface area contributed by atoms with E-state index in [4.69, 9.17) is 9.47 Å². The van der Waals surface area contributed by atoms with Gasteiger partial charge in [0.1, 0.15) is 17.4 Å². The van der Waals surface area contributed by atoms with E-state index in [2.05, 4.69) is 0 Å². The van der Waals surface area contributed by atoms with E-state index in [9.17, 15) is 13.9 Å². The van der Waals surface area contributed by atoms with Crippen LogP contribution in [0.3, 0.4) is 0 Å². The number of rotatable bonds is 3. The second-order valence-corrected chi connectivity index (χ2v) is 4.40. The molecule has 1 saturated heterocycles. The molecule has 0 radical (unpaired) electrons. The lowest BCUT2D eigenvalue weighted by molar-refractivity contribution is 0.00447. The summed E-state index contributed by atoms with van der Waals surface area (Å²) in [5.74, 6) is -1.61. The quantitative estimate of drug-likeness (QED) is 0.905. The van der Waals surface area contributed by atoms with Crippen LogP contribution in [0.15, 0.2) is 12.1 Å². The molecule has 1 aliphatic rings. The summed E-state index contributed by atoms with van der Waals surface area (Å²) >= 11 is 0. The van der Waals surface area contributed by atoms with Gasteiger partial charge in [0.25, 0.3) is 0 Å². The van der Waals surface area contributed by atoms with E-state index >= 15 is 0 Å². The minimum Gasteiger partial charge on any atom is -0.497 e. The van der Waals surface area contributed by atoms with Crippen LogP contribution in [0, 0.1) is 17.6 Å². The van der Waals surface area contributed by atoms with E-state index in [0.29, 0.717) is 26.1 Å². The molecule has 18 heavy (non-hydrogen) atoms. The third-order valence-corrected chi connectivity index (χ3v) is 3.30. The fourth-order valence-corrected chi connectivity index (χ4v) is 2.23. The number of hydrogen-bond donors (Lipinski definition) is 1. The average Bonchev–Trinajstić information content (AvgIpc) is 2.38. The van der Waals surface area contributed by atoms with Gasteiger partial charge in [-0.05, 0) is 18.8 Å². The summed E-state index contributed by atoms with van der Waals surface area (Å²) < 4.78 is 37.5. The molecule has 1 aliphatic heterocycles. The molecular weight excluding hydrogens is 242 g/mol. The first-order chi connectivity index (χ1) is 8.63. The van der Waals surface area contributed by atoms with E-state index in [1.54, 1.807) is 0 Å². The average molecular weight is 258 g/mol. The lowest BCUT2D eigenvalue weighted by Gasteiger charge is -2.27. The summed E-state index contributed by atoms with van der Waals surface area (Å²) in [5, 5.41) is 10.1. The van der Waals surface area contributed by atoms with Gasteiger partial charge >= 0.3 is 0 Å². The van der Waals surface area contributed by atoms with Crippen molar-refractivity contribution in [3.8, 4) is 5.75 Å². The van der Waals surface area contributed by atoms with Crippen molar-refractivity contribution < 1.29 is 23.4 Å². The summed E-state index contributed by atoms with van der Waals surface area (Å²) in [6.45, 7) is 1.03. The monoisotopic (exact) mass is 258 g/mol. The molecule has 0 aromatic heterocycles. The highest BCUT2D eigenvalue weighted by Gasteiger charge is 2.28. The Bertz CT molecular complexity index is 394. The standard InChI is InChI=1S/C13H16F2O3/c1-17-9-6-10(14)12(11(15)7-9)13(16)8-2-4-18-5-3-8/h6-8,13,16H,2-5H2,1H3. The molecule has 0 aliphatic carbocycles. The molecule has 3 nitrogen and oxygen atoms in total. The Morgan fingerprint density at radius 1 is 1.28 bits per heavy atom. The third-order valence-electron chi connectivity index (χ3n) is 3.30. The molecule has 1 unspecified atom stereocenters. The lowest BCUT2D eigenvalue weighted by Crippen LogP contribution is -2.23. The number of aliphatic hydroxyl groups is 1. The molecule has 5 heteroatoms. The van der Waals surface area contributed by atoms with Crippen LogP contribution in [-0.4, -0.2) is 25.4 Å². The normalized spacial score (nSPS) is 18.7. The summed E-state index contributed by atoms with van der Waals surface area (Å²) in [4.78, 5) is 0. The maximum Gasteiger partial charge on any atom is 0.135 e. The molecule has 1 N–H and O–H groups in total. The van der Waals surface area contributed by atoms with Crippen LogP contribution in [-0.2, 0) is 4.74 Å². The first-order valence-electron chi connectivity index (χ1n) is 5.92. The summed E-state index contributed by atoms with van der Waals surface area (Å²) in [5.41, 5.74) is -0.275. The topological polar surface area (TPSA) is 38.7 Å². The molecule has 0 saturated carbocycles. The van der Waals surface area contributed by atoms with Crippen molar-refractivity contribution in [2.75, 3.05) is 20.3 Å². The van der Waals surface area contributed by atoms with Gasteiger partial charge in [0.2, 0.25) is 0 Å². The van der Waals surface area contributed by atoms with Gasteiger partial charge in [-0.3, -0.25) is 0 Å². The maximum atomic E-state index is 13.8. The van der Waals surface area contributed by atoms with Crippen molar-refractivity contribution in [3.05, 3.63) is 29.3 Å². The van der Waals surface area contributed by atoms with Crippen LogP contribution < -0.4 is 4.74 Å². The number of ether oxygens (including phenoxy) is 2. The molecule has 1 aromatic carbocycles. The van der Waals surface area contributed by atoms with Crippen LogP contribution >= 0.6 is 0 Å². The molecule has 0 spiro atoms. The van der Waals surface area contributed by atoms with Crippen molar-refractivity contribution in [1.82, 2.24) is 0 Å². The first kappa shape index (κ1) is 13.2. The largest absolute Gasteiger partial charge is 0.497 e. The molecule has 100 valence electrons. The number of halogens is 2. The maximum absolute atomic E-state index is 13.8. The summed E-state index contributed by atoms with van der Waals surface area (Å²) in [7, 11) is 1.34. The second-order valence-electron chi connectivity index (χ2n) is 4.40. The van der Waals surface area contributed by atoms with Crippen LogP contribution in [0.25, 0.3) is 0 Å². The smallest absolute Gasteiger partial charge is 0.135 e. The molecule has 1 fully saturated rings. The Morgan fingerprint density at radius 3 is 2.33 bits per heavy atom. The molecule has 0 amide bonds. The van der Waals surface area contributed by atoms with E-state index in [0.717, 1.165) is 12.1 Å². The number of hydrogen-bond acceptors (Lipinski definition) is 3. The van der Waals surface area contributed by atoms with Crippen LogP contribution in [0.5, 0.6) is 5.75 Å². The highest BCUT2D eigenvalue weighted by atomic mass is 19.1. The van der Waals surface area contributed by atoms with E-state index in [-0.39, 0.29) is 17.2 Å². The van der Waals surface area contributed by atoms with Crippen LogP contribution in [0.2, 0.25) is 0 Å². The fraction of sp³-hybridized carbons (Fsp3) is 0.538. The Kier molecular flexibility index (Phi) is 4.14. The summed E-state index contributed by atoms with van der Waals surface area (Å²) in [6.07, 6.45) is 0.0674. The fourth-order valence-electron chi connectivity index (χ4n) is 2.23. The van der Waals surface area contributed by atoms with Gasteiger partial charge in [0, 0.05) is 25.3 Å². The third kappa shape index (κ3) is 2.62. The zero-order valence-electron chi connectivity index (χ0n) is 10.2. The number of benzene rings is 1. The molecule has 1 aromatic rings. The Hall–Kier alpha value is -1.20. The van der Waals surface area contributed by atoms with Crippen molar-refractivity contribution in [1.29, 1.82) is 0 Å². The minimum atomic E-state index is -1.14. The second kappa shape index (κ2) is 5.63. The van der Waals surface area contributed by atoms with Gasteiger partial charge in [-0.2, -0.15) is 0 Å². The van der Waals surface area contributed by atoms with Crippen molar-refractivity contribution in [2.24, 2.45) is 5.92 Å². The highest BCUT2D eigenvalue weighted by molar-refractivity contribution is 5.32. The zero-order valence-corrected chi connectivity index (χ0v) is 10.2. The summed E-state index contributed by atoms with van der Waals surface area (Å²) in [6, 6.07) is 2.17. The predicted molar refractivity (Wildman–Crippen MR) is 61.4 cm³/mol.